The van der Waals surface area contributed by atoms with Gasteiger partial charge in [0.1, 0.15) is 11.4 Å². The second-order valence-electron chi connectivity index (χ2n) is 4.72. The van der Waals surface area contributed by atoms with Crippen molar-refractivity contribution in [3.63, 3.8) is 0 Å². The van der Waals surface area contributed by atoms with Crippen molar-refractivity contribution in [2.75, 3.05) is 13.7 Å². The first-order valence-corrected chi connectivity index (χ1v) is 8.54. The standard InChI is InChI=1S/C15H16N4O5S/c1-24-11-5-7-12(8-6-11)25(22,23)17-10-14(20)18-19-15(21)13-4-2-3-9-16-13/h2-9,17H,10H2,1H3,(H,18,20)(H,19,21). The van der Waals surface area contributed by atoms with Gasteiger partial charge in [-0.3, -0.25) is 25.4 Å². The maximum Gasteiger partial charge on any atom is 0.288 e. The molecule has 10 heteroatoms. The lowest BCUT2D eigenvalue weighted by atomic mass is 10.3. The molecule has 0 aliphatic heterocycles. The molecule has 3 N–H and O–H groups in total. The molecule has 0 spiro atoms. The number of carbonyl (C=O) groups is 2. The Kier molecular flexibility index (Phi) is 6.03. The van der Waals surface area contributed by atoms with E-state index in [9.17, 15) is 18.0 Å². The first-order chi connectivity index (χ1) is 11.9. The number of hydrogen-bond donors (Lipinski definition) is 3. The summed E-state index contributed by atoms with van der Waals surface area (Å²) in [6.45, 7) is -0.545. The number of carbonyl (C=O) groups excluding carboxylic acids is 2. The fraction of sp³-hybridized carbons (Fsp3) is 0.133. The van der Waals surface area contributed by atoms with Gasteiger partial charge in [-0.05, 0) is 36.4 Å². The molecule has 0 aliphatic carbocycles. The van der Waals surface area contributed by atoms with Crippen molar-refractivity contribution in [3.05, 3.63) is 54.4 Å². The molecule has 0 fully saturated rings. The van der Waals surface area contributed by atoms with E-state index in [2.05, 4.69) is 20.6 Å². The maximum absolute atomic E-state index is 12.1. The van der Waals surface area contributed by atoms with Crippen LogP contribution < -0.4 is 20.3 Å². The van der Waals surface area contributed by atoms with Crippen molar-refractivity contribution in [1.29, 1.82) is 0 Å². The summed E-state index contributed by atoms with van der Waals surface area (Å²) >= 11 is 0. The number of rotatable bonds is 6. The number of hydrazine groups is 1. The number of nitrogens with one attached hydrogen (secondary N) is 3. The van der Waals surface area contributed by atoms with Crippen LogP contribution in [0, 0.1) is 0 Å². The maximum atomic E-state index is 12.1. The molecule has 1 aromatic heterocycles. The Labute approximate surface area is 144 Å². The number of benzene rings is 1. The van der Waals surface area contributed by atoms with Crippen LogP contribution in [0.4, 0.5) is 0 Å². The van der Waals surface area contributed by atoms with E-state index in [1.54, 1.807) is 12.1 Å². The highest BCUT2D eigenvalue weighted by Gasteiger charge is 2.16. The Balaban J connectivity index is 1.85. The third-order valence-corrected chi connectivity index (χ3v) is 4.42. The number of ether oxygens (including phenoxy) is 1. The van der Waals surface area contributed by atoms with E-state index in [0.29, 0.717) is 5.75 Å². The van der Waals surface area contributed by atoms with Gasteiger partial charge in [-0.2, -0.15) is 0 Å². The topological polar surface area (TPSA) is 126 Å². The lowest BCUT2D eigenvalue weighted by Gasteiger charge is -2.09. The van der Waals surface area contributed by atoms with Gasteiger partial charge in [-0.25, -0.2) is 13.1 Å². The zero-order valence-corrected chi connectivity index (χ0v) is 14.0. The Morgan fingerprint density at radius 1 is 1.08 bits per heavy atom. The lowest BCUT2D eigenvalue weighted by Crippen LogP contribution is -2.46. The Morgan fingerprint density at radius 2 is 1.80 bits per heavy atom. The number of sulfonamides is 1. The van der Waals surface area contributed by atoms with Gasteiger partial charge in [0.15, 0.2) is 0 Å². The van der Waals surface area contributed by atoms with E-state index in [-0.39, 0.29) is 10.6 Å². The Hall–Kier alpha value is -2.98. The van der Waals surface area contributed by atoms with Gasteiger partial charge in [0.25, 0.3) is 11.8 Å². The van der Waals surface area contributed by atoms with E-state index in [0.717, 1.165) is 0 Å². The predicted octanol–water partition coefficient (Wildman–Crippen LogP) is -0.170. The van der Waals surface area contributed by atoms with Crippen LogP contribution in [0.25, 0.3) is 0 Å². The van der Waals surface area contributed by atoms with E-state index >= 15 is 0 Å². The quantitative estimate of drug-likeness (QED) is 0.611. The van der Waals surface area contributed by atoms with Gasteiger partial charge >= 0.3 is 0 Å². The van der Waals surface area contributed by atoms with Gasteiger partial charge < -0.3 is 4.74 Å². The molecular formula is C15H16N4O5S. The highest BCUT2D eigenvalue weighted by Crippen LogP contribution is 2.14. The average molecular weight is 364 g/mol. The molecule has 1 heterocycles. The first-order valence-electron chi connectivity index (χ1n) is 7.06. The summed E-state index contributed by atoms with van der Waals surface area (Å²) in [4.78, 5) is 27.2. The molecule has 2 amide bonds. The van der Waals surface area contributed by atoms with Crippen LogP contribution in [-0.2, 0) is 14.8 Å². The molecule has 132 valence electrons. The summed E-state index contributed by atoms with van der Waals surface area (Å²) in [5.41, 5.74) is 4.35. The number of pyridine rings is 1. The Bertz CT molecular complexity index is 838. The molecule has 9 nitrogen and oxygen atoms in total. The zero-order valence-electron chi connectivity index (χ0n) is 13.2. The predicted molar refractivity (Wildman–Crippen MR) is 88.0 cm³/mol. The highest BCUT2D eigenvalue weighted by atomic mass is 32.2. The third kappa shape index (κ3) is 5.26. The van der Waals surface area contributed by atoms with Crippen LogP contribution in [-0.4, -0.2) is 38.9 Å². The summed E-state index contributed by atoms with van der Waals surface area (Å²) in [6.07, 6.45) is 1.43. The molecule has 0 atom stereocenters. The van der Waals surface area contributed by atoms with E-state index < -0.39 is 28.4 Å². The van der Waals surface area contributed by atoms with E-state index in [1.165, 1.54) is 43.6 Å². The normalized spacial score (nSPS) is 10.8. The molecule has 0 saturated heterocycles. The second kappa shape index (κ2) is 8.22. The molecule has 0 saturated carbocycles. The minimum atomic E-state index is -3.86. The molecule has 25 heavy (non-hydrogen) atoms. The number of amides is 2. The number of nitrogens with zero attached hydrogens (tertiary/aromatic N) is 1. The summed E-state index contributed by atoms with van der Waals surface area (Å²) in [5.74, 6) is -0.845. The van der Waals surface area contributed by atoms with Crippen molar-refractivity contribution in [2.24, 2.45) is 0 Å². The van der Waals surface area contributed by atoms with Gasteiger partial charge in [-0.1, -0.05) is 6.07 Å². The zero-order chi connectivity index (χ0) is 18.3. The SMILES string of the molecule is COc1ccc(S(=O)(=O)NCC(=O)NNC(=O)c2ccccn2)cc1. The highest BCUT2D eigenvalue weighted by molar-refractivity contribution is 7.89. The van der Waals surface area contributed by atoms with Crippen molar-refractivity contribution in [2.45, 2.75) is 4.90 Å². The summed E-state index contributed by atoms with van der Waals surface area (Å²) in [7, 11) is -2.40. The van der Waals surface area contributed by atoms with Crippen molar-refractivity contribution in [3.8, 4) is 5.75 Å². The minimum absolute atomic E-state index is 0.0152. The monoisotopic (exact) mass is 364 g/mol. The van der Waals surface area contributed by atoms with E-state index in [4.69, 9.17) is 4.74 Å². The number of hydrogen-bond acceptors (Lipinski definition) is 6. The van der Waals surface area contributed by atoms with Crippen molar-refractivity contribution in [1.82, 2.24) is 20.6 Å². The van der Waals surface area contributed by atoms with Crippen LogP contribution in [0.5, 0.6) is 5.75 Å². The molecule has 1 aromatic carbocycles. The largest absolute Gasteiger partial charge is 0.497 e. The Morgan fingerprint density at radius 3 is 2.40 bits per heavy atom. The van der Waals surface area contributed by atoms with E-state index in [1.807, 2.05) is 0 Å². The summed E-state index contributed by atoms with van der Waals surface area (Å²) in [6, 6.07) is 10.4. The van der Waals surface area contributed by atoms with Gasteiger partial charge in [-0.15, -0.1) is 0 Å². The smallest absolute Gasteiger partial charge is 0.288 e. The molecule has 0 bridgehead atoms. The molecule has 2 aromatic rings. The van der Waals surface area contributed by atoms with Gasteiger partial charge in [0.2, 0.25) is 10.0 Å². The van der Waals surface area contributed by atoms with Gasteiger partial charge in [0.05, 0.1) is 18.6 Å². The molecule has 2 rings (SSSR count). The van der Waals surface area contributed by atoms with Crippen LogP contribution in [0.1, 0.15) is 10.5 Å². The van der Waals surface area contributed by atoms with Crippen LogP contribution in [0.15, 0.2) is 53.6 Å². The fourth-order valence-corrected chi connectivity index (χ4v) is 2.71. The summed E-state index contributed by atoms with van der Waals surface area (Å²) in [5, 5.41) is 0. The lowest BCUT2D eigenvalue weighted by molar-refractivity contribution is -0.120. The minimum Gasteiger partial charge on any atom is -0.497 e. The molecule has 0 radical (unpaired) electrons. The second-order valence-corrected chi connectivity index (χ2v) is 6.48. The first kappa shape index (κ1) is 18.4. The van der Waals surface area contributed by atoms with Crippen molar-refractivity contribution >= 4 is 21.8 Å². The number of aromatic nitrogens is 1. The van der Waals surface area contributed by atoms with Crippen molar-refractivity contribution < 1.29 is 22.7 Å². The van der Waals surface area contributed by atoms with Crippen LogP contribution in [0.2, 0.25) is 0 Å². The average Bonchev–Trinajstić information content (AvgIpc) is 2.65. The molecular weight excluding hydrogens is 348 g/mol. The molecule has 0 aliphatic rings. The van der Waals surface area contributed by atoms with Gasteiger partial charge in [0, 0.05) is 6.20 Å². The number of methoxy groups -OCH3 is 1. The fourth-order valence-electron chi connectivity index (χ4n) is 1.73. The van der Waals surface area contributed by atoms with Crippen LogP contribution in [0.3, 0.4) is 0 Å². The third-order valence-electron chi connectivity index (χ3n) is 3.01. The molecule has 0 unspecified atom stereocenters. The summed E-state index contributed by atoms with van der Waals surface area (Å²) < 4.78 is 31.2. The van der Waals surface area contributed by atoms with Crippen LogP contribution >= 0.6 is 0 Å².